The van der Waals surface area contributed by atoms with Gasteiger partial charge in [-0.25, -0.2) is 15.0 Å². The molecule has 1 amide bonds. The van der Waals surface area contributed by atoms with E-state index in [2.05, 4.69) is 9.89 Å². The van der Waals surface area contributed by atoms with Gasteiger partial charge in [0.1, 0.15) is 24.6 Å². The van der Waals surface area contributed by atoms with Gasteiger partial charge < -0.3 is 29.6 Å². The van der Waals surface area contributed by atoms with Crippen molar-refractivity contribution in [3.63, 3.8) is 0 Å². The first-order valence-electron chi connectivity index (χ1n) is 11.9. The van der Waals surface area contributed by atoms with Crippen LogP contribution in [0.25, 0.3) is 16.9 Å². The molecule has 2 aromatic heterocycles. The van der Waals surface area contributed by atoms with Gasteiger partial charge in [-0.1, -0.05) is 23.8 Å². The predicted molar refractivity (Wildman–Crippen MR) is 141 cm³/mol. The summed E-state index contributed by atoms with van der Waals surface area (Å²) in [7, 11) is 5.29. The van der Waals surface area contributed by atoms with Crippen LogP contribution in [-0.2, 0) is 27.9 Å². The van der Waals surface area contributed by atoms with Crippen molar-refractivity contribution in [2.45, 2.75) is 13.5 Å². The molecule has 0 unspecified atom stereocenters. The van der Waals surface area contributed by atoms with E-state index in [0.717, 1.165) is 35.4 Å². The van der Waals surface area contributed by atoms with Crippen LogP contribution in [0.2, 0.25) is 0 Å². The van der Waals surface area contributed by atoms with Crippen LogP contribution in [-0.4, -0.2) is 78.6 Å². The Kier molecular flexibility index (Phi) is 7.97. The summed E-state index contributed by atoms with van der Waals surface area (Å²) >= 11 is 0. The predicted octanol–water partition coefficient (Wildman–Crippen LogP) is 2.42. The molecule has 3 heterocycles. The number of imidazole rings is 1. The number of amides is 1. The summed E-state index contributed by atoms with van der Waals surface area (Å²) in [5.41, 5.74) is 11.4. The highest BCUT2D eigenvalue weighted by Crippen LogP contribution is 2.30. The Bertz CT molecular complexity index is 1290. The first kappa shape index (κ1) is 25.3. The number of nitrogens with zero attached hydrogens (tertiary/aromatic N) is 6. The summed E-state index contributed by atoms with van der Waals surface area (Å²) in [6, 6.07) is 9.95. The number of anilines is 1. The second kappa shape index (κ2) is 11.3. The summed E-state index contributed by atoms with van der Waals surface area (Å²) in [4.78, 5) is 29.7. The number of morpholine rings is 1. The van der Waals surface area contributed by atoms with Crippen LogP contribution in [0, 0.1) is 6.92 Å². The van der Waals surface area contributed by atoms with E-state index in [1.165, 1.54) is 4.90 Å². The zero-order valence-corrected chi connectivity index (χ0v) is 21.3. The van der Waals surface area contributed by atoms with Crippen molar-refractivity contribution in [2.75, 3.05) is 51.9 Å². The van der Waals surface area contributed by atoms with Gasteiger partial charge in [-0.3, -0.25) is 4.79 Å². The number of carbonyl (C=O) groups is 1. The van der Waals surface area contributed by atoms with Gasteiger partial charge in [-0.2, -0.15) is 0 Å². The van der Waals surface area contributed by atoms with E-state index in [-0.39, 0.29) is 19.1 Å². The monoisotopic (exact) mass is 491 g/mol. The number of benzene rings is 1. The number of fused-ring (bicyclic) bond motifs is 1. The molecule has 190 valence electrons. The largest absolute Gasteiger partial charge is 0.398 e. The highest BCUT2D eigenvalue weighted by atomic mass is 16.5. The molecule has 0 spiro atoms. The molecule has 2 N–H and O–H groups in total. The standard InChI is InChI=1S/C26H33N7O3/c1-18-6-5-7-19(14-18)20(27)8-9-28-22-15-21(33-10-12-35-13-11-33)25-26(29-22)32(4)23(30-25)16-36-17-24(34)31(2)3/h5-9,14-15H,10-13,16-17,27H2,1-4H3/b20-8-,28-9?. The van der Waals surface area contributed by atoms with E-state index in [9.17, 15) is 4.79 Å². The van der Waals surface area contributed by atoms with Crippen LogP contribution in [0.3, 0.4) is 0 Å². The van der Waals surface area contributed by atoms with Crippen molar-refractivity contribution in [3.05, 3.63) is 53.4 Å². The summed E-state index contributed by atoms with van der Waals surface area (Å²) < 4.78 is 13.0. The third-order valence-corrected chi connectivity index (χ3v) is 6.01. The molecule has 1 fully saturated rings. The van der Waals surface area contributed by atoms with Crippen molar-refractivity contribution < 1.29 is 14.3 Å². The number of likely N-dealkylation sites (N-methyl/N-ethyl adjacent to an activating group) is 1. The number of allylic oxidation sites excluding steroid dienone is 1. The number of aromatic nitrogens is 3. The third kappa shape index (κ3) is 5.89. The highest BCUT2D eigenvalue weighted by Gasteiger charge is 2.20. The molecule has 1 aliphatic rings. The summed E-state index contributed by atoms with van der Waals surface area (Å²) in [5.74, 6) is 1.13. The molecule has 10 nitrogen and oxygen atoms in total. The zero-order valence-electron chi connectivity index (χ0n) is 21.3. The Hall–Kier alpha value is -3.76. The Labute approximate surface area is 211 Å². The van der Waals surface area contributed by atoms with E-state index >= 15 is 0 Å². The fourth-order valence-corrected chi connectivity index (χ4v) is 3.88. The maximum Gasteiger partial charge on any atom is 0.248 e. The number of hydrogen-bond acceptors (Lipinski definition) is 8. The van der Waals surface area contributed by atoms with Gasteiger partial charge >= 0.3 is 0 Å². The van der Waals surface area contributed by atoms with Crippen LogP contribution in [0.1, 0.15) is 17.0 Å². The number of carbonyl (C=O) groups excluding carboxylic acids is 1. The first-order chi connectivity index (χ1) is 17.3. The fraction of sp³-hybridized carbons (Fsp3) is 0.385. The van der Waals surface area contributed by atoms with E-state index in [4.69, 9.17) is 25.2 Å². The smallest absolute Gasteiger partial charge is 0.248 e. The topological polar surface area (TPSA) is 111 Å². The summed E-state index contributed by atoms with van der Waals surface area (Å²) in [6.45, 7) is 5.02. The molecule has 4 rings (SSSR count). The molecule has 1 aliphatic heterocycles. The lowest BCUT2D eigenvalue weighted by Crippen LogP contribution is -2.36. The minimum absolute atomic E-state index is 0.00973. The molecule has 1 saturated heterocycles. The van der Waals surface area contributed by atoms with Crippen LogP contribution in [0.5, 0.6) is 0 Å². The molecule has 0 aliphatic carbocycles. The number of rotatable bonds is 8. The van der Waals surface area contributed by atoms with Gasteiger partial charge in [0.15, 0.2) is 11.5 Å². The minimum atomic E-state index is -0.101. The maximum absolute atomic E-state index is 11.9. The maximum atomic E-state index is 11.9. The van der Waals surface area contributed by atoms with Crippen molar-refractivity contribution >= 4 is 40.5 Å². The molecule has 0 radical (unpaired) electrons. The van der Waals surface area contributed by atoms with Crippen LogP contribution in [0.15, 0.2) is 41.4 Å². The van der Waals surface area contributed by atoms with E-state index < -0.39 is 0 Å². The number of ether oxygens (including phenoxy) is 2. The lowest BCUT2D eigenvalue weighted by molar-refractivity contribution is -0.134. The van der Waals surface area contributed by atoms with Gasteiger partial charge in [0.25, 0.3) is 0 Å². The molecule has 10 heteroatoms. The minimum Gasteiger partial charge on any atom is -0.398 e. The van der Waals surface area contributed by atoms with Gasteiger partial charge in [0.2, 0.25) is 5.91 Å². The SMILES string of the molecule is Cc1cccc(/C(N)=C/C=Nc2cc(N3CCOCC3)c3nc(COCC(=O)N(C)C)n(C)c3n2)c1. The summed E-state index contributed by atoms with van der Waals surface area (Å²) in [5, 5.41) is 0. The Morgan fingerprint density at radius 2 is 2.03 bits per heavy atom. The van der Waals surface area contributed by atoms with Gasteiger partial charge in [0.05, 0.1) is 18.9 Å². The van der Waals surface area contributed by atoms with Gasteiger partial charge in [-0.05, 0) is 24.6 Å². The van der Waals surface area contributed by atoms with Crippen molar-refractivity contribution in [2.24, 2.45) is 17.8 Å². The number of hydrogen-bond donors (Lipinski definition) is 1. The molecule has 36 heavy (non-hydrogen) atoms. The Morgan fingerprint density at radius 3 is 2.75 bits per heavy atom. The first-order valence-corrected chi connectivity index (χ1v) is 11.9. The average Bonchev–Trinajstić information content (AvgIpc) is 3.19. The summed E-state index contributed by atoms with van der Waals surface area (Å²) in [6.07, 6.45) is 3.45. The number of pyridine rings is 1. The van der Waals surface area contributed by atoms with Crippen LogP contribution in [0.4, 0.5) is 11.5 Å². The lowest BCUT2D eigenvalue weighted by Gasteiger charge is -2.29. The molecule has 0 atom stereocenters. The highest BCUT2D eigenvalue weighted by molar-refractivity contribution is 5.90. The molecular formula is C26H33N7O3. The van der Waals surface area contributed by atoms with E-state index in [1.807, 2.05) is 48.9 Å². The molecule has 3 aromatic rings. The number of aliphatic imine (C=N–C) groups is 1. The lowest BCUT2D eigenvalue weighted by atomic mass is 10.1. The normalized spacial score (nSPS) is 14.7. The molecule has 1 aromatic carbocycles. The van der Waals surface area contributed by atoms with E-state index in [0.29, 0.717) is 36.2 Å². The van der Waals surface area contributed by atoms with Crippen molar-refractivity contribution in [3.8, 4) is 0 Å². The second-order valence-electron chi connectivity index (χ2n) is 8.91. The second-order valence-corrected chi connectivity index (χ2v) is 8.91. The van der Waals surface area contributed by atoms with Gasteiger partial charge in [0, 0.05) is 52.2 Å². The third-order valence-electron chi connectivity index (χ3n) is 6.01. The van der Waals surface area contributed by atoms with Crippen LogP contribution >= 0.6 is 0 Å². The Balaban J connectivity index is 1.64. The fourth-order valence-electron chi connectivity index (χ4n) is 3.88. The van der Waals surface area contributed by atoms with Crippen molar-refractivity contribution in [1.82, 2.24) is 19.4 Å². The quantitative estimate of drug-likeness (QED) is 0.482. The molecule has 0 saturated carbocycles. The number of nitrogens with two attached hydrogens (primary N) is 1. The van der Waals surface area contributed by atoms with Crippen LogP contribution < -0.4 is 10.6 Å². The average molecular weight is 492 g/mol. The molecular weight excluding hydrogens is 458 g/mol. The molecule has 0 bridgehead atoms. The van der Waals surface area contributed by atoms with Crippen molar-refractivity contribution in [1.29, 1.82) is 0 Å². The number of aryl methyl sites for hydroxylation is 2. The van der Waals surface area contributed by atoms with Gasteiger partial charge in [-0.15, -0.1) is 0 Å². The zero-order chi connectivity index (χ0) is 25.7. The van der Waals surface area contributed by atoms with E-state index in [1.54, 1.807) is 26.4 Å². The Morgan fingerprint density at radius 1 is 1.25 bits per heavy atom.